The highest BCUT2D eigenvalue weighted by atomic mass is 16.5. The molecule has 1 aliphatic carbocycles. The summed E-state index contributed by atoms with van der Waals surface area (Å²) in [6.07, 6.45) is 2.64. The first-order chi connectivity index (χ1) is 6.99. The molecule has 1 aliphatic rings. The van der Waals surface area contributed by atoms with E-state index in [-0.39, 0.29) is 24.0 Å². The minimum absolute atomic E-state index is 0.0122. The van der Waals surface area contributed by atoms with Crippen LogP contribution in [0.2, 0.25) is 0 Å². The topological polar surface area (TPSA) is 55.4 Å². The van der Waals surface area contributed by atoms with Gasteiger partial charge in [0, 0.05) is 19.9 Å². The van der Waals surface area contributed by atoms with Crippen LogP contribution < -0.4 is 5.32 Å². The highest BCUT2D eigenvalue weighted by Crippen LogP contribution is 2.26. The van der Waals surface area contributed by atoms with Gasteiger partial charge in [-0.05, 0) is 25.2 Å². The van der Waals surface area contributed by atoms with Gasteiger partial charge in [-0.1, -0.05) is 6.92 Å². The average molecular weight is 213 g/mol. The first kappa shape index (κ1) is 12.0. The van der Waals surface area contributed by atoms with E-state index in [9.17, 15) is 9.59 Å². The zero-order valence-corrected chi connectivity index (χ0v) is 9.58. The largest absolute Gasteiger partial charge is 0.462 e. The van der Waals surface area contributed by atoms with Crippen molar-refractivity contribution in [2.75, 3.05) is 0 Å². The van der Waals surface area contributed by atoms with Gasteiger partial charge in [0.25, 0.3) is 0 Å². The van der Waals surface area contributed by atoms with Gasteiger partial charge >= 0.3 is 5.97 Å². The van der Waals surface area contributed by atoms with Crippen LogP contribution in [0.3, 0.4) is 0 Å². The zero-order valence-electron chi connectivity index (χ0n) is 9.58. The van der Waals surface area contributed by atoms with Crippen molar-refractivity contribution in [3.63, 3.8) is 0 Å². The molecule has 0 aromatic carbocycles. The fourth-order valence-electron chi connectivity index (χ4n) is 2.18. The van der Waals surface area contributed by atoms with E-state index in [0.29, 0.717) is 5.92 Å². The summed E-state index contributed by atoms with van der Waals surface area (Å²) in [5.41, 5.74) is 0. The highest BCUT2D eigenvalue weighted by molar-refractivity contribution is 5.73. The molecule has 15 heavy (non-hydrogen) atoms. The van der Waals surface area contributed by atoms with Gasteiger partial charge in [0.2, 0.25) is 5.91 Å². The van der Waals surface area contributed by atoms with Crippen molar-refractivity contribution >= 4 is 11.9 Å². The molecule has 0 unspecified atom stereocenters. The van der Waals surface area contributed by atoms with Crippen molar-refractivity contribution < 1.29 is 14.3 Å². The van der Waals surface area contributed by atoms with E-state index in [4.69, 9.17) is 4.74 Å². The van der Waals surface area contributed by atoms with Crippen LogP contribution in [0, 0.1) is 5.92 Å². The second-order valence-corrected chi connectivity index (χ2v) is 4.34. The molecule has 0 heterocycles. The molecular formula is C11H19NO3. The van der Waals surface area contributed by atoms with Gasteiger partial charge in [-0.25, -0.2) is 0 Å². The van der Waals surface area contributed by atoms with E-state index in [1.807, 2.05) is 0 Å². The fourth-order valence-corrected chi connectivity index (χ4v) is 2.18. The first-order valence-electron chi connectivity index (χ1n) is 5.43. The van der Waals surface area contributed by atoms with E-state index in [1.165, 1.54) is 13.8 Å². The molecule has 0 aromatic heterocycles. The molecule has 1 amide bonds. The van der Waals surface area contributed by atoms with E-state index >= 15 is 0 Å². The Hall–Kier alpha value is -1.06. The van der Waals surface area contributed by atoms with Crippen molar-refractivity contribution in [1.29, 1.82) is 0 Å². The van der Waals surface area contributed by atoms with Crippen LogP contribution in [0.15, 0.2) is 0 Å². The van der Waals surface area contributed by atoms with Crippen LogP contribution in [0.5, 0.6) is 0 Å². The molecular weight excluding hydrogens is 194 g/mol. The van der Waals surface area contributed by atoms with Gasteiger partial charge in [0.1, 0.15) is 6.10 Å². The number of amides is 1. The molecule has 4 nitrogen and oxygen atoms in total. The third kappa shape index (κ3) is 3.90. The Kier molecular flexibility index (Phi) is 4.12. The lowest BCUT2D eigenvalue weighted by molar-refractivity contribution is -0.151. The molecule has 0 aliphatic heterocycles. The number of esters is 1. The summed E-state index contributed by atoms with van der Waals surface area (Å²) in [7, 11) is 0. The molecule has 1 saturated carbocycles. The number of hydrogen-bond donors (Lipinski definition) is 1. The Bertz CT molecular complexity index is 252. The predicted octanol–water partition coefficient (Wildman–Crippen LogP) is 1.24. The van der Waals surface area contributed by atoms with Crippen molar-refractivity contribution in [2.24, 2.45) is 5.92 Å². The van der Waals surface area contributed by atoms with Crippen molar-refractivity contribution in [1.82, 2.24) is 5.32 Å². The molecule has 1 N–H and O–H groups in total. The standard InChI is InChI=1S/C11H19NO3/c1-7-6-10(12-8(2)13)4-5-11(7)15-9(3)14/h7,10-11H,4-6H2,1-3H3,(H,12,13)/t7-,10+,11-/m0/s1. The van der Waals surface area contributed by atoms with Gasteiger partial charge in [-0.15, -0.1) is 0 Å². The SMILES string of the molecule is CC(=O)N[C@@H]1CC[C@H](OC(C)=O)[C@@H](C)C1. The summed E-state index contributed by atoms with van der Waals surface area (Å²) in [4.78, 5) is 21.7. The normalized spacial score (nSPS) is 30.7. The molecule has 0 saturated heterocycles. The lowest BCUT2D eigenvalue weighted by Gasteiger charge is -2.33. The molecule has 0 spiro atoms. The average Bonchev–Trinajstić information content (AvgIpc) is 2.08. The maximum Gasteiger partial charge on any atom is 0.302 e. The number of carbonyl (C=O) groups excluding carboxylic acids is 2. The number of ether oxygens (including phenoxy) is 1. The maximum atomic E-state index is 10.9. The Morgan fingerprint density at radius 2 is 1.93 bits per heavy atom. The lowest BCUT2D eigenvalue weighted by atomic mass is 9.84. The van der Waals surface area contributed by atoms with Crippen molar-refractivity contribution in [3.05, 3.63) is 0 Å². The van der Waals surface area contributed by atoms with Crippen LogP contribution in [-0.4, -0.2) is 24.0 Å². The minimum atomic E-state index is -0.218. The lowest BCUT2D eigenvalue weighted by Crippen LogP contribution is -2.42. The molecule has 0 bridgehead atoms. The highest BCUT2D eigenvalue weighted by Gasteiger charge is 2.29. The smallest absolute Gasteiger partial charge is 0.302 e. The van der Waals surface area contributed by atoms with Crippen molar-refractivity contribution in [2.45, 2.75) is 52.2 Å². The molecule has 0 radical (unpaired) electrons. The number of hydrogen-bond acceptors (Lipinski definition) is 3. The van der Waals surface area contributed by atoms with Gasteiger partial charge in [0.05, 0.1) is 0 Å². The Morgan fingerprint density at radius 3 is 2.40 bits per heavy atom. The first-order valence-corrected chi connectivity index (χ1v) is 5.43. The Labute approximate surface area is 90.4 Å². The van der Waals surface area contributed by atoms with Gasteiger partial charge in [-0.2, -0.15) is 0 Å². The van der Waals surface area contributed by atoms with E-state index in [1.54, 1.807) is 0 Å². The third-order valence-electron chi connectivity index (χ3n) is 2.82. The molecule has 0 aromatic rings. The fraction of sp³-hybridized carbons (Fsp3) is 0.818. The van der Waals surface area contributed by atoms with Crippen LogP contribution in [0.25, 0.3) is 0 Å². The summed E-state index contributed by atoms with van der Waals surface area (Å²) >= 11 is 0. The van der Waals surface area contributed by atoms with Crippen molar-refractivity contribution in [3.8, 4) is 0 Å². The molecule has 1 rings (SSSR count). The number of carbonyl (C=O) groups is 2. The number of rotatable bonds is 2. The van der Waals surface area contributed by atoms with E-state index in [2.05, 4.69) is 12.2 Å². The van der Waals surface area contributed by atoms with Gasteiger partial charge < -0.3 is 10.1 Å². The summed E-state index contributed by atoms with van der Waals surface area (Å²) in [5.74, 6) is 0.113. The van der Waals surface area contributed by atoms with Crippen LogP contribution in [0.4, 0.5) is 0 Å². The van der Waals surface area contributed by atoms with Crippen LogP contribution >= 0.6 is 0 Å². The third-order valence-corrected chi connectivity index (χ3v) is 2.82. The molecule has 86 valence electrons. The summed E-state index contributed by atoms with van der Waals surface area (Å²) < 4.78 is 5.21. The second kappa shape index (κ2) is 5.14. The van der Waals surface area contributed by atoms with Gasteiger partial charge in [0.15, 0.2) is 0 Å². The second-order valence-electron chi connectivity index (χ2n) is 4.34. The summed E-state index contributed by atoms with van der Waals surface area (Å²) in [6.45, 7) is 5.02. The maximum absolute atomic E-state index is 10.9. The van der Waals surface area contributed by atoms with E-state index in [0.717, 1.165) is 19.3 Å². The predicted molar refractivity (Wildman–Crippen MR) is 56.2 cm³/mol. The molecule has 1 fully saturated rings. The zero-order chi connectivity index (χ0) is 11.4. The van der Waals surface area contributed by atoms with E-state index < -0.39 is 0 Å². The minimum Gasteiger partial charge on any atom is -0.462 e. The van der Waals surface area contributed by atoms with Crippen LogP contribution in [-0.2, 0) is 14.3 Å². The van der Waals surface area contributed by atoms with Crippen LogP contribution in [0.1, 0.15) is 40.0 Å². The Balaban J connectivity index is 2.40. The molecule has 3 atom stereocenters. The monoisotopic (exact) mass is 213 g/mol. The quantitative estimate of drug-likeness (QED) is 0.702. The number of nitrogens with one attached hydrogen (secondary N) is 1. The summed E-state index contributed by atoms with van der Waals surface area (Å²) in [6, 6.07) is 0.240. The van der Waals surface area contributed by atoms with Gasteiger partial charge in [-0.3, -0.25) is 9.59 Å². The molecule has 4 heteroatoms. The summed E-state index contributed by atoms with van der Waals surface area (Å²) in [5, 5.41) is 2.91. The Morgan fingerprint density at radius 1 is 1.27 bits per heavy atom.